The van der Waals surface area contributed by atoms with Crippen LogP contribution in [0.1, 0.15) is 0 Å². The van der Waals surface area contributed by atoms with Crippen LogP contribution in [0.4, 0.5) is 9.59 Å². The normalized spacial score (nSPS) is 8.80. The first-order chi connectivity index (χ1) is 14.4. The van der Waals surface area contributed by atoms with E-state index in [1.165, 1.54) is 0 Å². The molecule has 4 N–H and O–H groups in total. The average Bonchev–Trinajstić information content (AvgIpc) is 3.52. The van der Waals surface area contributed by atoms with E-state index in [2.05, 4.69) is 27.1 Å². The Morgan fingerprint density at radius 3 is 1.03 bits per heavy atom. The van der Waals surface area contributed by atoms with E-state index in [-0.39, 0.29) is 0 Å². The van der Waals surface area contributed by atoms with Crippen LogP contribution >= 0.6 is 0 Å². The molecule has 4 aromatic heterocycles. The molecule has 0 aliphatic heterocycles. The standard InChI is InChI=1S/C6H4O9.3C4H4O/c7-1-2(8)4(15-6(11)12)13-3(1)14-5(9)10;3*1-2-4-5-3-1/h7-8H,(H,9,10)(H,11,12);3*1-4H. The van der Waals surface area contributed by atoms with Crippen LogP contribution in [0.2, 0.25) is 0 Å². The second-order valence-electron chi connectivity index (χ2n) is 4.49. The fourth-order valence-corrected chi connectivity index (χ4v) is 1.35. The van der Waals surface area contributed by atoms with Crippen LogP contribution in [-0.4, -0.2) is 32.7 Å². The third-order valence-electron chi connectivity index (χ3n) is 2.43. The van der Waals surface area contributed by atoms with Gasteiger partial charge in [-0.3, -0.25) is 0 Å². The molecule has 0 aliphatic rings. The third-order valence-corrected chi connectivity index (χ3v) is 2.43. The summed E-state index contributed by atoms with van der Waals surface area (Å²) in [5.74, 6) is -4.13. The molecule has 0 radical (unpaired) electrons. The zero-order chi connectivity index (χ0) is 22.2. The van der Waals surface area contributed by atoms with Gasteiger partial charge in [-0.2, -0.15) is 0 Å². The second kappa shape index (κ2) is 13.4. The zero-order valence-electron chi connectivity index (χ0n) is 15.0. The molecular formula is C18H16O12. The number of ether oxygens (including phenoxy) is 2. The van der Waals surface area contributed by atoms with Crippen LogP contribution in [0.5, 0.6) is 23.4 Å². The molecule has 160 valence electrons. The van der Waals surface area contributed by atoms with Crippen molar-refractivity contribution in [1.29, 1.82) is 0 Å². The molecule has 0 spiro atoms. The Hall–Kier alpha value is -4.74. The van der Waals surface area contributed by atoms with Crippen molar-refractivity contribution in [2.75, 3.05) is 0 Å². The van der Waals surface area contributed by atoms with Gasteiger partial charge < -0.3 is 47.6 Å². The summed E-state index contributed by atoms with van der Waals surface area (Å²) in [6.07, 6.45) is 6.11. The van der Waals surface area contributed by atoms with Gasteiger partial charge in [-0.05, 0) is 36.4 Å². The van der Waals surface area contributed by atoms with E-state index in [0.717, 1.165) is 0 Å². The van der Waals surface area contributed by atoms with Gasteiger partial charge in [0.15, 0.2) is 0 Å². The summed E-state index contributed by atoms with van der Waals surface area (Å²) in [5, 5.41) is 34.2. The van der Waals surface area contributed by atoms with E-state index in [1.54, 1.807) is 37.6 Å². The maximum absolute atomic E-state index is 10.0. The molecule has 0 amide bonds. The average molecular weight is 424 g/mol. The largest absolute Gasteiger partial charge is 0.513 e. The lowest BCUT2D eigenvalue weighted by molar-refractivity contribution is 0.117. The third kappa shape index (κ3) is 9.82. The molecule has 0 aromatic carbocycles. The molecule has 30 heavy (non-hydrogen) atoms. The Labute approximate surface area is 167 Å². The van der Waals surface area contributed by atoms with Gasteiger partial charge in [0.1, 0.15) is 0 Å². The van der Waals surface area contributed by atoms with Gasteiger partial charge in [0.25, 0.3) is 0 Å². The van der Waals surface area contributed by atoms with Crippen molar-refractivity contribution in [1.82, 2.24) is 0 Å². The van der Waals surface area contributed by atoms with Crippen molar-refractivity contribution in [2.45, 2.75) is 0 Å². The molecule has 12 nitrogen and oxygen atoms in total. The van der Waals surface area contributed by atoms with Crippen molar-refractivity contribution in [3.05, 3.63) is 74.0 Å². The van der Waals surface area contributed by atoms with Crippen LogP contribution in [0.25, 0.3) is 0 Å². The Morgan fingerprint density at radius 1 is 0.600 bits per heavy atom. The van der Waals surface area contributed by atoms with Gasteiger partial charge in [-0.1, -0.05) is 0 Å². The van der Waals surface area contributed by atoms with Gasteiger partial charge in [0.2, 0.25) is 11.5 Å². The highest BCUT2D eigenvalue weighted by Gasteiger charge is 2.25. The predicted molar refractivity (Wildman–Crippen MR) is 95.5 cm³/mol. The Balaban J connectivity index is 0.000000240. The van der Waals surface area contributed by atoms with Crippen molar-refractivity contribution in [2.24, 2.45) is 0 Å². The summed E-state index contributed by atoms with van der Waals surface area (Å²) in [4.78, 5) is 20.1. The lowest BCUT2D eigenvalue weighted by Gasteiger charge is -1.93. The highest BCUT2D eigenvalue weighted by molar-refractivity contribution is 5.66. The minimum Gasteiger partial charge on any atom is -0.499 e. The molecule has 12 heteroatoms. The number of rotatable bonds is 2. The number of aromatic hydroxyl groups is 2. The number of carboxylic acid groups (broad SMARTS) is 2. The van der Waals surface area contributed by atoms with Crippen molar-refractivity contribution < 1.29 is 57.2 Å². The van der Waals surface area contributed by atoms with E-state index in [4.69, 9.17) is 20.4 Å². The predicted octanol–water partition coefficient (Wildman–Crippen LogP) is 4.64. The van der Waals surface area contributed by atoms with Gasteiger partial charge in [0.05, 0.1) is 37.6 Å². The maximum atomic E-state index is 10.0. The van der Waals surface area contributed by atoms with Crippen LogP contribution in [0.15, 0.2) is 91.6 Å². The fourth-order valence-electron chi connectivity index (χ4n) is 1.35. The Kier molecular flexibility index (Phi) is 10.4. The van der Waals surface area contributed by atoms with Crippen LogP contribution in [0, 0.1) is 0 Å². The van der Waals surface area contributed by atoms with Crippen LogP contribution in [0.3, 0.4) is 0 Å². The molecule has 0 saturated heterocycles. The molecule has 0 aliphatic carbocycles. The van der Waals surface area contributed by atoms with Gasteiger partial charge in [-0.25, -0.2) is 9.59 Å². The van der Waals surface area contributed by atoms with E-state index < -0.39 is 35.7 Å². The first-order valence-corrected chi connectivity index (χ1v) is 7.69. The topological polar surface area (TPSA) is 186 Å². The summed E-state index contributed by atoms with van der Waals surface area (Å²) in [6, 6.07) is 11.0. The minimum atomic E-state index is -1.82. The van der Waals surface area contributed by atoms with Crippen molar-refractivity contribution >= 4 is 12.3 Å². The molecule has 4 heterocycles. The molecule has 0 atom stereocenters. The zero-order valence-corrected chi connectivity index (χ0v) is 15.0. The van der Waals surface area contributed by atoms with E-state index in [1.807, 2.05) is 36.4 Å². The molecular weight excluding hydrogens is 408 g/mol. The summed E-state index contributed by atoms with van der Waals surface area (Å²) in [5.41, 5.74) is 0. The molecule has 0 unspecified atom stereocenters. The van der Waals surface area contributed by atoms with Gasteiger partial charge in [0, 0.05) is 0 Å². The molecule has 0 bridgehead atoms. The lowest BCUT2D eigenvalue weighted by atomic mass is 10.5. The lowest BCUT2D eigenvalue weighted by Crippen LogP contribution is -2.03. The van der Waals surface area contributed by atoms with Crippen molar-refractivity contribution in [3.8, 4) is 23.4 Å². The molecule has 4 aromatic rings. The quantitative estimate of drug-likeness (QED) is 0.327. The molecule has 4 rings (SSSR count). The summed E-state index contributed by atoms with van der Waals surface area (Å²) < 4.78 is 25.7. The first-order valence-electron chi connectivity index (χ1n) is 7.69. The summed E-state index contributed by atoms with van der Waals surface area (Å²) >= 11 is 0. The highest BCUT2D eigenvalue weighted by Crippen LogP contribution is 2.46. The SMILES string of the molecule is O=C(O)Oc1oc(OC(=O)O)c(O)c1O.c1ccoc1.c1ccoc1.c1ccoc1. The van der Waals surface area contributed by atoms with Crippen LogP contribution in [-0.2, 0) is 0 Å². The molecule has 0 fully saturated rings. The first kappa shape index (κ1) is 23.3. The maximum Gasteiger partial charge on any atom is 0.513 e. The Bertz CT molecular complexity index is 770. The van der Waals surface area contributed by atoms with Crippen molar-refractivity contribution in [3.63, 3.8) is 0 Å². The number of hydrogen-bond acceptors (Lipinski definition) is 10. The van der Waals surface area contributed by atoms with E-state index in [9.17, 15) is 9.59 Å². The van der Waals surface area contributed by atoms with Gasteiger partial charge >= 0.3 is 24.2 Å². The summed E-state index contributed by atoms with van der Waals surface area (Å²) in [6.45, 7) is 0. The van der Waals surface area contributed by atoms with Crippen LogP contribution < -0.4 is 9.47 Å². The van der Waals surface area contributed by atoms with Gasteiger partial charge in [-0.15, -0.1) is 0 Å². The van der Waals surface area contributed by atoms with E-state index >= 15 is 0 Å². The minimum absolute atomic E-state index is 0.990. The monoisotopic (exact) mass is 424 g/mol. The van der Waals surface area contributed by atoms with E-state index in [0.29, 0.717) is 0 Å². The summed E-state index contributed by atoms with van der Waals surface area (Å²) in [7, 11) is 0. The highest BCUT2D eigenvalue weighted by atomic mass is 16.8. The number of furan rings is 4. The second-order valence-corrected chi connectivity index (χ2v) is 4.49. The number of carbonyl (C=O) groups is 2. The molecule has 0 saturated carbocycles. The fraction of sp³-hybridized carbons (Fsp3) is 0. The smallest absolute Gasteiger partial charge is 0.499 e. The Morgan fingerprint density at radius 2 is 0.867 bits per heavy atom. The number of hydrogen-bond donors (Lipinski definition) is 4.